The van der Waals surface area contributed by atoms with Crippen LogP contribution in [0.25, 0.3) is 11.3 Å². The van der Waals surface area contributed by atoms with Crippen molar-refractivity contribution in [3.8, 4) is 11.3 Å². The maximum Gasteiger partial charge on any atom is 0.287 e. The highest BCUT2D eigenvalue weighted by atomic mass is 16.2. The third-order valence-electron chi connectivity index (χ3n) is 5.88. The van der Waals surface area contributed by atoms with E-state index in [1.807, 2.05) is 65.6 Å². The van der Waals surface area contributed by atoms with Gasteiger partial charge in [-0.1, -0.05) is 60.7 Å². The lowest BCUT2D eigenvalue weighted by Gasteiger charge is -2.31. The fourth-order valence-electron chi connectivity index (χ4n) is 3.93. The molecule has 1 aliphatic heterocycles. The lowest BCUT2D eigenvalue weighted by Crippen LogP contribution is -2.48. The van der Waals surface area contributed by atoms with Gasteiger partial charge in [-0.15, -0.1) is 0 Å². The molecule has 3 amide bonds. The number of piperidine rings is 1. The van der Waals surface area contributed by atoms with E-state index in [9.17, 15) is 14.4 Å². The molecule has 3 N–H and O–H groups in total. The first-order chi connectivity index (χ1) is 16.1. The van der Waals surface area contributed by atoms with Crippen LogP contribution in [0, 0.1) is 5.92 Å². The number of nitrogens with zero attached hydrogens (tertiary/aromatic N) is 2. The first-order valence-corrected chi connectivity index (χ1v) is 11.1. The van der Waals surface area contributed by atoms with E-state index in [2.05, 4.69) is 21.0 Å². The van der Waals surface area contributed by atoms with Crippen LogP contribution in [0.15, 0.2) is 66.7 Å². The van der Waals surface area contributed by atoms with Gasteiger partial charge in [0.05, 0.1) is 5.69 Å². The summed E-state index contributed by atoms with van der Waals surface area (Å²) >= 11 is 0. The molecule has 0 bridgehead atoms. The molecule has 1 saturated heterocycles. The number of hydrazine groups is 1. The Morgan fingerprint density at radius 2 is 1.61 bits per heavy atom. The molecule has 0 radical (unpaired) electrons. The molecule has 0 atom stereocenters. The Labute approximate surface area is 192 Å². The largest absolute Gasteiger partial charge is 0.343 e. The number of benzene rings is 2. The number of hydrogen-bond donors (Lipinski definition) is 3. The fraction of sp³-hybridized carbons (Fsp3) is 0.280. The summed E-state index contributed by atoms with van der Waals surface area (Å²) in [7, 11) is 0. The van der Waals surface area contributed by atoms with Gasteiger partial charge in [-0.3, -0.25) is 30.3 Å². The van der Waals surface area contributed by atoms with Crippen LogP contribution in [0.3, 0.4) is 0 Å². The molecule has 0 saturated carbocycles. The highest BCUT2D eigenvalue weighted by Crippen LogP contribution is 2.19. The van der Waals surface area contributed by atoms with E-state index in [-0.39, 0.29) is 23.4 Å². The van der Waals surface area contributed by atoms with E-state index in [1.54, 1.807) is 6.07 Å². The molecule has 3 aromatic rings. The molecule has 1 aliphatic rings. The lowest BCUT2D eigenvalue weighted by atomic mass is 9.95. The van der Waals surface area contributed by atoms with E-state index in [4.69, 9.17) is 0 Å². The number of likely N-dealkylation sites (tertiary alicyclic amines) is 1. The zero-order chi connectivity index (χ0) is 23.0. The first kappa shape index (κ1) is 22.3. The lowest BCUT2D eigenvalue weighted by molar-refractivity contribution is -0.135. The number of rotatable bonds is 6. The third-order valence-corrected chi connectivity index (χ3v) is 5.88. The summed E-state index contributed by atoms with van der Waals surface area (Å²) in [6.45, 7) is 1.08. The molecule has 2 heterocycles. The van der Waals surface area contributed by atoms with Crippen molar-refractivity contribution in [3.05, 3.63) is 78.0 Å². The Balaban J connectivity index is 1.20. The molecule has 0 spiro atoms. The minimum Gasteiger partial charge on any atom is -0.343 e. The van der Waals surface area contributed by atoms with Crippen LogP contribution in [-0.2, 0) is 16.0 Å². The molecule has 170 valence electrons. The molecule has 4 rings (SSSR count). The van der Waals surface area contributed by atoms with Gasteiger partial charge in [0.25, 0.3) is 5.91 Å². The number of H-pyrrole nitrogens is 1. The Morgan fingerprint density at radius 1 is 0.939 bits per heavy atom. The van der Waals surface area contributed by atoms with E-state index in [1.165, 1.54) is 0 Å². The van der Waals surface area contributed by atoms with E-state index < -0.39 is 5.91 Å². The Morgan fingerprint density at radius 3 is 2.30 bits per heavy atom. The summed E-state index contributed by atoms with van der Waals surface area (Å²) in [5.41, 5.74) is 7.88. The average Bonchev–Trinajstić information content (AvgIpc) is 3.37. The van der Waals surface area contributed by atoms with Crippen molar-refractivity contribution >= 4 is 17.7 Å². The predicted molar refractivity (Wildman–Crippen MR) is 124 cm³/mol. The number of carbonyl (C=O) groups is 3. The molecule has 2 aromatic carbocycles. The molecule has 1 aromatic heterocycles. The van der Waals surface area contributed by atoms with Crippen LogP contribution in [-0.4, -0.2) is 45.9 Å². The third kappa shape index (κ3) is 5.85. The summed E-state index contributed by atoms with van der Waals surface area (Å²) in [5.74, 6) is -0.848. The number of hydrogen-bond acceptors (Lipinski definition) is 4. The molecule has 0 unspecified atom stereocenters. The van der Waals surface area contributed by atoms with Gasteiger partial charge in [0.1, 0.15) is 5.69 Å². The van der Waals surface area contributed by atoms with Crippen LogP contribution in [0.1, 0.15) is 35.3 Å². The Kier molecular flexibility index (Phi) is 7.14. The maximum absolute atomic E-state index is 12.5. The second-order valence-electron chi connectivity index (χ2n) is 8.12. The minimum absolute atomic E-state index is 0.111. The van der Waals surface area contributed by atoms with E-state index in [0.717, 1.165) is 11.1 Å². The van der Waals surface area contributed by atoms with Gasteiger partial charge in [-0.2, -0.15) is 5.10 Å². The molecule has 0 aliphatic carbocycles. The smallest absolute Gasteiger partial charge is 0.287 e. The van der Waals surface area contributed by atoms with Crippen molar-refractivity contribution in [1.82, 2.24) is 25.9 Å². The summed E-state index contributed by atoms with van der Waals surface area (Å²) in [5, 5.41) is 6.84. The van der Waals surface area contributed by atoms with Crippen LogP contribution in [0.4, 0.5) is 0 Å². The zero-order valence-corrected chi connectivity index (χ0v) is 18.3. The normalized spacial score (nSPS) is 14.0. The van der Waals surface area contributed by atoms with Crippen molar-refractivity contribution in [1.29, 1.82) is 0 Å². The van der Waals surface area contributed by atoms with Crippen molar-refractivity contribution in [2.24, 2.45) is 5.92 Å². The van der Waals surface area contributed by atoms with Gasteiger partial charge in [-0.25, -0.2) is 0 Å². The standard InChI is InChI=1S/C25H27N5O3/c31-23(12-11-18-7-3-1-4-8-18)30-15-13-20(14-16-30)24(32)28-29-25(33)22-17-21(26-27-22)19-9-5-2-6-10-19/h1-10,17,20H,11-16H2,(H,26,27)(H,28,32)(H,29,33). The van der Waals surface area contributed by atoms with Crippen molar-refractivity contribution < 1.29 is 14.4 Å². The van der Waals surface area contributed by atoms with Crippen LogP contribution in [0.2, 0.25) is 0 Å². The Bertz CT molecular complexity index is 1090. The van der Waals surface area contributed by atoms with Gasteiger partial charge in [0.15, 0.2) is 0 Å². The highest BCUT2D eigenvalue weighted by Gasteiger charge is 2.27. The minimum atomic E-state index is -0.466. The van der Waals surface area contributed by atoms with E-state index in [0.29, 0.717) is 44.5 Å². The highest BCUT2D eigenvalue weighted by molar-refractivity contribution is 5.94. The summed E-state index contributed by atoms with van der Waals surface area (Å²) in [4.78, 5) is 39.2. The molecule has 1 fully saturated rings. The molecule has 8 heteroatoms. The molecular weight excluding hydrogens is 418 g/mol. The average molecular weight is 446 g/mol. The van der Waals surface area contributed by atoms with Gasteiger partial charge in [0, 0.05) is 31.0 Å². The van der Waals surface area contributed by atoms with Crippen molar-refractivity contribution in [2.75, 3.05) is 13.1 Å². The van der Waals surface area contributed by atoms with E-state index >= 15 is 0 Å². The number of aromatic amines is 1. The van der Waals surface area contributed by atoms with Gasteiger partial charge >= 0.3 is 0 Å². The van der Waals surface area contributed by atoms with Crippen LogP contribution in [0.5, 0.6) is 0 Å². The molecule has 33 heavy (non-hydrogen) atoms. The monoisotopic (exact) mass is 445 g/mol. The van der Waals surface area contributed by atoms with Crippen molar-refractivity contribution in [3.63, 3.8) is 0 Å². The number of aryl methyl sites for hydroxylation is 1. The first-order valence-electron chi connectivity index (χ1n) is 11.1. The van der Waals surface area contributed by atoms with Gasteiger partial charge < -0.3 is 4.90 Å². The maximum atomic E-state index is 12.5. The van der Waals surface area contributed by atoms with Crippen molar-refractivity contribution in [2.45, 2.75) is 25.7 Å². The van der Waals surface area contributed by atoms with Gasteiger partial charge in [-0.05, 0) is 30.9 Å². The predicted octanol–water partition coefficient (Wildman–Crippen LogP) is 2.71. The number of carbonyl (C=O) groups excluding carboxylic acids is 3. The summed E-state index contributed by atoms with van der Waals surface area (Å²) in [6.07, 6.45) is 2.32. The SMILES string of the molecule is O=C(NNC(=O)C1CCN(C(=O)CCc2ccccc2)CC1)c1cc(-c2ccccc2)n[nH]1. The topological polar surface area (TPSA) is 107 Å². The fourth-order valence-corrected chi connectivity index (χ4v) is 3.93. The summed E-state index contributed by atoms with van der Waals surface area (Å²) < 4.78 is 0. The number of nitrogens with one attached hydrogen (secondary N) is 3. The number of amides is 3. The van der Waals surface area contributed by atoms with Gasteiger partial charge in [0.2, 0.25) is 11.8 Å². The quantitative estimate of drug-likeness (QED) is 0.507. The number of aromatic nitrogens is 2. The molecular formula is C25H27N5O3. The second-order valence-corrected chi connectivity index (χ2v) is 8.12. The molecule has 8 nitrogen and oxygen atoms in total. The second kappa shape index (κ2) is 10.6. The zero-order valence-electron chi connectivity index (χ0n) is 18.3. The summed E-state index contributed by atoms with van der Waals surface area (Å²) in [6, 6.07) is 21.1. The Hall–Kier alpha value is -3.94. The van der Waals surface area contributed by atoms with Crippen LogP contribution < -0.4 is 10.9 Å². The van der Waals surface area contributed by atoms with Crippen LogP contribution >= 0.6 is 0 Å².